The van der Waals surface area contributed by atoms with Crippen LogP contribution in [0.15, 0.2) is 35.4 Å². The summed E-state index contributed by atoms with van der Waals surface area (Å²) >= 11 is 0. The summed E-state index contributed by atoms with van der Waals surface area (Å²) < 4.78 is 5.18. The number of aliphatic hydroxyl groups excluding tert-OH is 1. The summed E-state index contributed by atoms with van der Waals surface area (Å²) in [4.78, 5) is 11.7. The number of ketones is 1. The number of rotatable bonds is 5. The molecule has 0 radical (unpaired) electrons. The van der Waals surface area contributed by atoms with Gasteiger partial charge < -0.3 is 9.84 Å². The van der Waals surface area contributed by atoms with Crippen LogP contribution in [0.1, 0.15) is 38.2 Å². The average molecular weight is 298 g/mol. The molecule has 1 aliphatic rings. The van der Waals surface area contributed by atoms with Gasteiger partial charge in [0.2, 0.25) is 0 Å². The molecule has 22 heavy (non-hydrogen) atoms. The topological polar surface area (TPSA) is 46.5 Å². The molecule has 0 saturated carbocycles. The van der Waals surface area contributed by atoms with Gasteiger partial charge in [-0.2, -0.15) is 0 Å². The van der Waals surface area contributed by atoms with Crippen molar-refractivity contribution in [3.8, 4) is 17.6 Å². The van der Waals surface area contributed by atoms with E-state index in [1.807, 2.05) is 31.2 Å². The summed E-state index contributed by atoms with van der Waals surface area (Å²) in [7, 11) is 1.65. The molecule has 0 spiro atoms. The zero-order chi connectivity index (χ0) is 15.9. The van der Waals surface area contributed by atoms with E-state index in [2.05, 4.69) is 11.8 Å². The normalized spacial score (nSPS) is 15.5. The molecule has 1 aromatic rings. The molecule has 116 valence electrons. The molecule has 0 heterocycles. The largest absolute Gasteiger partial charge is 0.497 e. The van der Waals surface area contributed by atoms with Crippen molar-refractivity contribution in [2.24, 2.45) is 0 Å². The van der Waals surface area contributed by atoms with Crippen LogP contribution in [-0.4, -0.2) is 24.1 Å². The van der Waals surface area contributed by atoms with E-state index < -0.39 is 6.10 Å². The van der Waals surface area contributed by atoms with E-state index in [4.69, 9.17) is 4.74 Å². The number of carbonyl (C=O) groups excluding carboxylic acids is 1. The number of hydrogen-bond donors (Lipinski definition) is 1. The van der Waals surface area contributed by atoms with Gasteiger partial charge in [-0.15, -0.1) is 5.92 Å². The average Bonchev–Trinajstić information content (AvgIpc) is 2.83. The smallest absolute Gasteiger partial charge is 0.159 e. The van der Waals surface area contributed by atoms with Crippen molar-refractivity contribution in [2.45, 2.75) is 45.1 Å². The molecule has 2 rings (SSSR count). The molecule has 0 aromatic heterocycles. The van der Waals surface area contributed by atoms with E-state index in [1.54, 1.807) is 7.11 Å². The molecule has 0 fully saturated rings. The predicted octanol–water partition coefficient (Wildman–Crippen LogP) is 3.06. The van der Waals surface area contributed by atoms with Gasteiger partial charge in [-0.05, 0) is 43.0 Å². The van der Waals surface area contributed by atoms with Gasteiger partial charge >= 0.3 is 0 Å². The number of benzene rings is 1. The number of aliphatic hydroxyl groups is 1. The first-order valence-corrected chi connectivity index (χ1v) is 7.61. The Morgan fingerprint density at radius 2 is 2.18 bits per heavy atom. The Morgan fingerprint density at radius 3 is 2.86 bits per heavy atom. The third-order valence-electron chi connectivity index (χ3n) is 3.92. The van der Waals surface area contributed by atoms with Gasteiger partial charge in [-0.25, -0.2) is 0 Å². The van der Waals surface area contributed by atoms with E-state index >= 15 is 0 Å². The van der Waals surface area contributed by atoms with Crippen LogP contribution in [0.2, 0.25) is 0 Å². The fraction of sp³-hybridized carbons (Fsp3) is 0.421. The van der Waals surface area contributed by atoms with Crippen LogP contribution < -0.4 is 4.74 Å². The molecule has 0 amide bonds. The highest BCUT2D eigenvalue weighted by atomic mass is 16.5. The first-order valence-electron chi connectivity index (χ1n) is 7.61. The molecule has 3 heteroatoms. The Morgan fingerprint density at radius 1 is 1.36 bits per heavy atom. The second-order valence-electron chi connectivity index (χ2n) is 5.57. The van der Waals surface area contributed by atoms with E-state index in [0.717, 1.165) is 35.3 Å². The number of carbonyl (C=O) groups is 1. The molecule has 0 saturated heterocycles. The third-order valence-corrected chi connectivity index (χ3v) is 3.92. The highest BCUT2D eigenvalue weighted by Gasteiger charge is 2.21. The van der Waals surface area contributed by atoms with Crippen molar-refractivity contribution in [1.29, 1.82) is 0 Å². The Hall–Kier alpha value is -2.05. The molecule has 0 bridgehead atoms. The molecule has 1 N–H and O–H groups in total. The maximum absolute atomic E-state index is 11.7. The van der Waals surface area contributed by atoms with E-state index in [1.165, 1.54) is 0 Å². The van der Waals surface area contributed by atoms with Gasteiger partial charge in [0.15, 0.2) is 5.78 Å². The van der Waals surface area contributed by atoms with Crippen LogP contribution >= 0.6 is 0 Å². The molecule has 1 unspecified atom stereocenters. The van der Waals surface area contributed by atoms with Gasteiger partial charge in [-0.3, -0.25) is 4.79 Å². The van der Waals surface area contributed by atoms with Crippen molar-refractivity contribution in [2.75, 3.05) is 7.11 Å². The first kappa shape index (κ1) is 16.3. The second-order valence-corrected chi connectivity index (χ2v) is 5.57. The lowest BCUT2D eigenvalue weighted by molar-refractivity contribution is -0.115. The number of ether oxygens (including phenoxy) is 1. The number of aryl methyl sites for hydroxylation is 1. The Labute approximate surface area is 132 Å². The zero-order valence-corrected chi connectivity index (χ0v) is 13.2. The fourth-order valence-electron chi connectivity index (χ4n) is 2.60. The highest BCUT2D eigenvalue weighted by molar-refractivity contribution is 5.98. The lowest BCUT2D eigenvalue weighted by Crippen LogP contribution is -2.08. The van der Waals surface area contributed by atoms with Crippen molar-refractivity contribution in [1.82, 2.24) is 0 Å². The van der Waals surface area contributed by atoms with Crippen molar-refractivity contribution in [3.63, 3.8) is 0 Å². The second kappa shape index (κ2) is 7.82. The van der Waals surface area contributed by atoms with Gasteiger partial charge in [0.1, 0.15) is 11.9 Å². The maximum atomic E-state index is 11.7. The lowest BCUT2D eigenvalue weighted by atomic mass is 10.0. The minimum absolute atomic E-state index is 0.162. The number of allylic oxidation sites excluding steroid dienone is 1. The maximum Gasteiger partial charge on any atom is 0.159 e. The van der Waals surface area contributed by atoms with Crippen molar-refractivity contribution in [3.05, 3.63) is 41.0 Å². The minimum Gasteiger partial charge on any atom is -0.497 e. The Balaban J connectivity index is 1.83. The third kappa shape index (κ3) is 4.47. The number of Topliss-reactive ketones (excluding diaryl/α,β-unsaturated/α-hetero) is 1. The van der Waals surface area contributed by atoms with Gasteiger partial charge in [0, 0.05) is 19.3 Å². The van der Waals surface area contributed by atoms with Crippen LogP contribution in [0.3, 0.4) is 0 Å². The van der Waals surface area contributed by atoms with Gasteiger partial charge in [0.25, 0.3) is 0 Å². The standard InChI is InChI=1S/C19H22O3/c1-14-10-11-19(21)18(14)13-16(20)8-4-3-6-15-7-5-9-17(12-15)22-2/h5,7,9,12,16,20H,3,6,10-11,13H2,1-2H3. The van der Waals surface area contributed by atoms with Crippen LogP contribution in [-0.2, 0) is 11.2 Å². The van der Waals surface area contributed by atoms with Crippen LogP contribution in [0.4, 0.5) is 0 Å². The summed E-state index contributed by atoms with van der Waals surface area (Å²) in [6.45, 7) is 1.96. The Kier molecular flexibility index (Phi) is 5.80. The molecule has 0 aliphatic heterocycles. The van der Waals surface area contributed by atoms with Crippen LogP contribution in [0.25, 0.3) is 0 Å². The SMILES string of the molecule is COc1cccc(CCC#CC(O)CC2=C(C)CCC2=O)c1. The fourth-order valence-corrected chi connectivity index (χ4v) is 2.60. The van der Waals surface area contributed by atoms with Crippen molar-refractivity contribution >= 4 is 5.78 Å². The van der Waals surface area contributed by atoms with Gasteiger partial charge in [-0.1, -0.05) is 23.6 Å². The summed E-state index contributed by atoms with van der Waals surface area (Å²) in [6, 6.07) is 7.89. The van der Waals surface area contributed by atoms with Crippen LogP contribution in [0, 0.1) is 11.8 Å². The summed E-state index contributed by atoms with van der Waals surface area (Å²) in [5.41, 5.74) is 3.03. The zero-order valence-electron chi connectivity index (χ0n) is 13.2. The predicted molar refractivity (Wildman–Crippen MR) is 86.7 cm³/mol. The summed E-state index contributed by atoms with van der Waals surface area (Å²) in [6.07, 6.45) is 2.50. The molecular formula is C19H22O3. The quantitative estimate of drug-likeness (QED) is 0.850. The number of hydrogen-bond acceptors (Lipinski definition) is 3. The monoisotopic (exact) mass is 298 g/mol. The first-order chi connectivity index (χ1) is 10.6. The molecular weight excluding hydrogens is 276 g/mol. The molecule has 3 nitrogen and oxygen atoms in total. The lowest BCUT2D eigenvalue weighted by Gasteiger charge is -2.05. The van der Waals surface area contributed by atoms with Gasteiger partial charge in [0.05, 0.1) is 7.11 Å². The van der Waals surface area contributed by atoms with E-state index in [0.29, 0.717) is 19.3 Å². The summed E-state index contributed by atoms with van der Waals surface area (Å²) in [5, 5.41) is 9.94. The van der Waals surface area contributed by atoms with E-state index in [-0.39, 0.29) is 5.78 Å². The van der Waals surface area contributed by atoms with Crippen LogP contribution in [0.5, 0.6) is 5.75 Å². The molecule has 1 aliphatic carbocycles. The molecule has 1 atom stereocenters. The summed E-state index contributed by atoms with van der Waals surface area (Å²) in [5.74, 6) is 6.84. The minimum atomic E-state index is -0.752. The van der Waals surface area contributed by atoms with E-state index in [9.17, 15) is 9.90 Å². The Bertz CT molecular complexity index is 632. The molecule has 1 aromatic carbocycles. The van der Waals surface area contributed by atoms with Crippen molar-refractivity contribution < 1.29 is 14.6 Å². The number of methoxy groups -OCH3 is 1. The highest BCUT2D eigenvalue weighted by Crippen LogP contribution is 2.25.